The number of rotatable bonds is 6. The lowest BCUT2D eigenvalue weighted by Crippen LogP contribution is -2.52. The van der Waals surface area contributed by atoms with Crippen LogP contribution in [0.1, 0.15) is 28.4 Å². The van der Waals surface area contributed by atoms with Gasteiger partial charge in [0.1, 0.15) is 12.4 Å². The summed E-state index contributed by atoms with van der Waals surface area (Å²) >= 11 is 0. The monoisotopic (exact) mass is 469 g/mol. The zero-order chi connectivity index (χ0) is 24.6. The Hall–Kier alpha value is -4.58. The minimum absolute atomic E-state index is 0.0121. The maximum absolute atomic E-state index is 13.3. The van der Waals surface area contributed by atoms with Crippen LogP contribution >= 0.6 is 0 Å². The smallest absolute Gasteiger partial charge is 0.322 e. The molecule has 1 saturated heterocycles. The van der Waals surface area contributed by atoms with E-state index >= 15 is 0 Å². The van der Waals surface area contributed by atoms with Crippen LogP contribution in [0, 0.1) is 11.8 Å². The molecule has 4 amide bonds. The van der Waals surface area contributed by atoms with Crippen LogP contribution in [-0.4, -0.2) is 45.7 Å². The van der Waals surface area contributed by atoms with Crippen molar-refractivity contribution in [3.05, 3.63) is 71.5 Å². The summed E-state index contributed by atoms with van der Waals surface area (Å²) < 4.78 is 7.29. The standard InChI is InChI=1S/C26H23N5O4/c1-3-4-11-35-21-10-7-18-15-31(23(32)22(18)12-21)16-26(24(33)28-25(34)29-26)20-8-5-17(6-9-20)19-13-27-30(2)14-19/h5-10,12-14H,11,15-16H2,1-2H3,(H2,28,29,33,34)/t26-/m0/s1. The summed E-state index contributed by atoms with van der Waals surface area (Å²) in [6.45, 7) is 2.27. The fourth-order valence-corrected chi connectivity index (χ4v) is 4.45. The molecule has 3 heterocycles. The summed E-state index contributed by atoms with van der Waals surface area (Å²) in [4.78, 5) is 40.1. The van der Waals surface area contributed by atoms with Gasteiger partial charge in [0, 0.05) is 30.9 Å². The van der Waals surface area contributed by atoms with E-state index in [-0.39, 0.29) is 19.1 Å². The number of imide groups is 1. The predicted molar refractivity (Wildman–Crippen MR) is 127 cm³/mol. The summed E-state index contributed by atoms with van der Waals surface area (Å²) in [6.07, 6.45) is 3.64. The van der Waals surface area contributed by atoms with Crippen LogP contribution in [0.2, 0.25) is 0 Å². The summed E-state index contributed by atoms with van der Waals surface area (Å²) in [5, 5.41) is 9.29. The molecule has 0 radical (unpaired) electrons. The SMILES string of the molecule is CC#CCOc1ccc2c(c1)C(=O)N(C[C@@]1(c3ccc(-c4cnn(C)c4)cc3)NC(=O)NC1=O)C2. The summed E-state index contributed by atoms with van der Waals surface area (Å²) in [5.41, 5.74) is 2.37. The number of carbonyl (C=O) groups excluding carboxylic acids is 3. The van der Waals surface area contributed by atoms with E-state index < -0.39 is 17.5 Å². The molecular weight excluding hydrogens is 446 g/mol. The molecule has 0 bridgehead atoms. The first-order chi connectivity index (χ1) is 16.9. The Labute approximate surface area is 202 Å². The number of fused-ring (bicyclic) bond motifs is 1. The molecule has 3 aromatic rings. The van der Waals surface area contributed by atoms with Crippen molar-refractivity contribution in [1.82, 2.24) is 25.3 Å². The fourth-order valence-electron chi connectivity index (χ4n) is 4.45. The normalized spacial score (nSPS) is 18.6. The van der Waals surface area contributed by atoms with Crippen molar-refractivity contribution < 1.29 is 19.1 Å². The van der Waals surface area contributed by atoms with Crippen LogP contribution < -0.4 is 15.4 Å². The molecule has 176 valence electrons. The Morgan fingerprint density at radius 1 is 1.11 bits per heavy atom. The van der Waals surface area contributed by atoms with Crippen LogP contribution in [0.4, 0.5) is 4.79 Å². The van der Waals surface area contributed by atoms with Gasteiger partial charge >= 0.3 is 6.03 Å². The predicted octanol–water partition coefficient (Wildman–Crippen LogP) is 2.18. The van der Waals surface area contributed by atoms with E-state index in [0.717, 1.165) is 16.7 Å². The maximum atomic E-state index is 13.3. The second kappa shape index (κ2) is 8.65. The molecule has 9 nitrogen and oxygen atoms in total. The molecular formula is C26H23N5O4. The minimum atomic E-state index is -1.40. The number of aryl methyl sites for hydroxylation is 1. The Bertz CT molecular complexity index is 1400. The topological polar surface area (TPSA) is 106 Å². The van der Waals surface area contributed by atoms with Gasteiger partial charge in [-0.3, -0.25) is 19.6 Å². The van der Waals surface area contributed by atoms with Crippen molar-refractivity contribution in [2.75, 3.05) is 13.2 Å². The van der Waals surface area contributed by atoms with E-state index in [4.69, 9.17) is 4.74 Å². The Morgan fingerprint density at radius 3 is 2.57 bits per heavy atom. The van der Waals surface area contributed by atoms with Gasteiger partial charge in [-0.15, -0.1) is 5.92 Å². The van der Waals surface area contributed by atoms with Crippen LogP contribution in [0.3, 0.4) is 0 Å². The van der Waals surface area contributed by atoms with Crippen molar-refractivity contribution >= 4 is 17.8 Å². The second-order valence-electron chi connectivity index (χ2n) is 8.49. The molecule has 0 saturated carbocycles. The molecule has 0 spiro atoms. The van der Waals surface area contributed by atoms with Gasteiger partial charge in [0.25, 0.3) is 11.8 Å². The van der Waals surface area contributed by atoms with Crippen LogP contribution in [0.25, 0.3) is 11.1 Å². The molecule has 35 heavy (non-hydrogen) atoms. The lowest BCUT2D eigenvalue weighted by molar-refractivity contribution is -0.124. The largest absolute Gasteiger partial charge is 0.481 e. The maximum Gasteiger partial charge on any atom is 0.322 e. The molecule has 1 aromatic heterocycles. The van der Waals surface area contributed by atoms with Crippen LogP contribution in [0.5, 0.6) is 5.75 Å². The average molecular weight is 470 g/mol. The molecule has 2 aliphatic heterocycles. The number of hydrogen-bond donors (Lipinski definition) is 2. The molecule has 0 aliphatic carbocycles. The van der Waals surface area contributed by atoms with E-state index in [1.54, 1.807) is 47.0 Å². The third-order valence-electron chi connectivity index (χ3n) is 6.23. The third-order valence-corrected chi connectivity index (χ3v) is 6.23. The van der Waals surface area contributed by atoms with E-state index in [9.17, 15) is 14.4 Å². The number of ether oxygens (including phenoxy) is 1. The number of hydrogen-bond acceptors (Lipinski definition) is 5. The van der Waals surface area contributed by atoms with Gasteiger partial charge in [0.05, 0.1) is 12.7 Å². The molecule has 2 aromatic carbocycles. The van der Waals surface area contributed by atoms with Crippen molar-refractivity contribution in [2.45, 2.75) is 19.0 Å². The van der Waals surface area contributed by atoms with Crippen LogP contribution in [-0.2, 0) is 23.9 Å². The number of urea groups is 1. The first-order valence-electron chi connectivity index (χ1n) is 11.1. The number of nitrogens with one attached hydrogen (secondary N) is 2. The molecule has 9 heteroatoms. The fraction of sp³-hybridized carbons (Fsp3) is 0.231. The van der Waals surface area contributed by atoms with E-state index in [2.05, 4.69) is 27.6 Å². The van der Waals surface area contributed by atoms with Gasteiger partial charge in [-0.05, 0) is 35.7 Å². The van der Waals surface area contributed by atoms with Gasteiger partial charge in [0.15, 0.2) is 5.54 Å². The summed E-state index contributed by atoms with van der Waals surface area (Å²) in [5.74, 6) is 5.41. The molecule has 5 rings (SSSR count). The zero-order valence-corrected chi connectivity index (χ0v) is 19.3. The number of aromatic nitrogens is 2. The van der Waals surface area contributed by atoms with Gasteiger partial charge in [-0.1, -0.05) is 36.3 Å². The Morgan fingerprint density at radius 2 is 1.91 bits per heavy atom. The van der Waals surface area contributed by atoms with Crippen molar-refractivity contribution in [2.24, 2.45) is 7.05 Å². The molecule has 1 atom stereocenters. The molecule has 1 fully saturated rings. The number of carbonyl (C=O) groups is 3. The van der Waals surface area contributed by atoms with Gasteiger partial charge < -0.3 is 15.0 Å². The van der Waals surface area contributed by atoms with Gasteiger partial charge in [-0.2, -0.15) is 5.10 Å². The molecule has 2 aliphatic rings. The van der Waals surface area contributed by atoms with Crippen molar-refractivity contribution in [3.8, 4) is 28.7 Å². The highest BCUT2D eigenvalue weighted by molar-refractivity contribution is 6.08. The minimum Gasteiger partial charge on any atom is -0.481 e. The zero-order valence-electron chi connectivity index (χ0n) is 19.3. The van der Waals surface area contributed by atoms with Crippen molar-refractivity contribution in [3.63, 3.8) is 0 Å². The molecule has 2 N–H and O–H groups in total. The third kappa shape index (κ3) is 3.99. The Balaban J connectivity index is 1.42. The summed E-state index contributed by atoms with van der Waals surface area (Å²) in [7, 11) is 1.84. The van der Waals surface area contributed by atoms with Gasteiger partial charge in [0.2, 0.25) is 0 Å². The van der Waals surface area contributed by atoms with Gasteiger partial charge in [-0.25, -0.2) is 4.79 Å². The van der Waals surface area contributed by atoms with E-state index in [1.165, 1.54) is 0 Å². The Kier molecular flexibility index (Phi) is 5.49. The highest BCUT2D eigenvalue weighted by atomic mass is 16.5. The lowest BCUT2D eigenvalue weighted by atomic mass is 9.88. The quantitative estimate of drug-likeness (QED) is 0.425. The molecule has 0 unspecified atom stereocenters. The number of amides is 4. The number of benzene rings is 2. The average Bonchev–Trinajstić information content (AvgIpc) is 3.50. The van der Waals surface area contributed by atoms with Crippen molar-refractivity contribution in [1.29, 1.82) is 0 Å². The van der Waals surface area contributed by atoms with Crippen LogP contribution in [0.15, 0.2) is 54.9 Å². The first-order valence-corrected chi connectivity index (χ1v) is 11.1. The van der Waals surface area contributed by atoms with E-state index in [0.29, 0.717) is 23.4 Å². The number of nitrogens with zero attached hydrogens (tertiary/aromatic N) is 3. The van der Waals surface area contributed by atoms with E-state index in [1.807, 2.05) is 31.4 Å². The second-order valence-corrected chi connectivity index (χ2v) is 8.49. The lowest BCUT2D eigenvalue weighted by Gasteiger charge is -2.31. The highest BCUT2D eigenvalue weighted by Gasteiger charge is 2.50. The first kappa shape index (κ1) is 22.2. The highest BCUT2D eigenvalue weighted by Crippen LogP contribution is 2.33. The summed E-state index contributed by atoms with van der Waals surface area (Å²) in [6, 6.07) is 12.1.